The highest BCUT2D eigenvalue weighted by atomic mass is 16.5. The van der Waals surface area contributed by atoms with Crippen LogP contribution in [0.5, 0.6) is 17.2 Å². The molecular weight excluding hydrogens is 617 g/mol. The zero-order valence-corrected chi connectivity index (χ0v) is 28.1. The van der Waals surface area contributed by atoms with Crippen molar-refractivity contribution in [3.8, 4) is 28.4 Å². The molecule has 0 amide bonds. The summed E-state index contributed by atoms with van der Waals surface area (Å²) in [6.45, 7) is 15.5. The van der Waals surface area contributed by atoms with Gasteiger partial charge in [0.2, 0.25) is 0 Å². The maximum absolute atomic E-state index is 7.71. The minimum Gasteiger partial charge on any atom is -0.472 e. The van der Waals surface area contributed by atoms with Gasteiger partial charge in [-0.3, -0.25) is 0 Å². The number of hydrogen-bond acceptors (Lipinski definition) is 4. The average molecular weight is 653 g/mol. The van der Waals surface area contributed by atoms with Gasteiger partial charge in [-0.2, -0.15) is 0 Å². The average Bonchev–Trinajstić information content (AvgIpc) is 3.41. The smallest absolute Gasteiger partial charge is 0.187 e. The summed E-state index contributed by atoms with van der Waals surface area (Å²) in [5.41, 5.74) is 8.59. The van der Waals surface area contributed by atoms with Gasteiger partial charge in [0, 0.05) is 46.3 Å². The number of rotatable bonds is 5. The van der Waals surface area contributed by atoms with Gasteiger partial charge in [0.25, 0.3) is 0 Å². The van der Waals surface area contributed by atoms with Gasteiger partial charge in [-0.25, -0.2) is 4.85 Å². The van der Waals surface area contributed by atoms with E-state index >= 15 is 0 Å². The third-order valence-corrected chi connectivity index (χ3v) is 10.6. The van der Waals surface area contributed by atoms with Crippen LogP contribution in [-0.2, 0) is 15.8 Å². The van der Waals surface area contributed by atoms with Crippen molar-refractivity contribution < 1.29 is 14.2 Å². The molecule has 1 atom stereocenters. The third kappa shape index (κ3) is 4.71. The minimum atomic E-state index is -0.897. The lowest BCUT2D eigenvalue weighted by Gasteiger charge is -2.39. The molecule has 0 aromatic heterocycles. The highest BCUT2D eigenvalue weighted by Crippen LogP contribution is 2.58. The summed E-state index contributed by atoms with van der Waals surface area (Å²) in [6.07, 6.45) is 4.50. The van der Waals surface area contributed by atoms with Crippen LogP contribution in [0.2, 0.25) is 0 Å². The summed E-state index contributed by atoms with van der Waals surface area (Å²) >= 11 is 0. The number of fused-ring (bicyclic) bond motifs is 8. The van der Waals surface area contributed by atoms with Crippen LogP contribution in [0.25, 0.3) is 32.8 Å². The second-order valence-electron chi connectivity index (χ2n) is 13.8. The Morgan fingerprint density at radius 2 is 1.40 bits per heavy atom. The summed E-state index contributed by atoms with van der Waals surface area (Å²) in [7, 11) is 0. The van der Waals surface area contributed by atoms with E-state index in [0.29, 0.717) is 5.69 Å². The molecule has 0 N–H and O–H groups in total. The van der Waals surface area contributed by atoms with Gasteiger partial charge in [0.15, 0.2) is 11.3 Å². The topological polar surface area (TPSA) is 35.3 Å². The second-order valence-corrected chi connectivity index (χ2v) is 13.8. The molecule has 6 aromatic carbocycles. The maximum Gasteiger partial charge on any atom is 0.187 e. The van der Waals surface area contributed by atoms with Gasteiger partial charge in [-0.05, 0) is 70.1 Å². The molecule has 244 valence electrons. The Hall–Kier alpha value is -5.83. The molecule has 1 aliphatic carbocycles. The molecule has 3 aliphatic rings. The van der Waals surface area contributed by atoms with Crippen LogP contribution in [0.4, 0.5) is 11.4 Å². The Morgan fingerprint density at radius 3 is 2.12 bits per heavy atom. The summed E-state index contributed by atoms with van der Waals surface area (Å²) in [5, 5.41) is 2.23. The molecule has 2 heterocycles. The molecule has 1 saturated heterocycles. The first kappa shape index (κ1) is 30.2. The van der Waals surface area contributed by atoms with E-state index in [0.717, 1.165) is 71.0 Å². The van der Waals surface area contributed by atoms with Crippen molar-refractivity contribution in [2.75, 3.05) is 31.2 Å². The van der Waals surface area contributed by atoms with E-state index in [9.17, 15) is 0 Å². The first-order valence-electron chi connectivity index (χ1n) is 17.2. The van der Waals surface area contributed by atoms with Crippen molar-refractivity contribution >= 4 is 28.2 Å². The Kier molecular flexibility index (Phi) is 7.05. The Morgan fingerprint density at radius 1 is 0.740 bits per heavy atom. The van der Waals surface area contributed by atoms with E-state index in [2.05, 4.69) is 109 Å². The van der Waals surface area contributed by atoms with Gasteiger partial charge < -0.3 is 19.1 Å². The Bertz CT molecular complexity index is 2330. The number of anilines is 1. The molecular formula is C45H36N2O3. The molecule has 0 spiro atoms. The lowest BCUT2D eigenvalue weighted by Crippen LogP contribution is -2.37. The molecule has 5 heteroatoms. The van der Waals surface area contributed by atoms with Gasteiger partial charge in [0.05, 0.1) is 19.8 Å². The first-order chi connectivity index (χ1) is 24.5. The summed E-state index contributed by atoms with van der Waals surface area (Å²) in [5.74, 6) is 2.43. The fraction of sp³-hybridized carbons (Fsp3) is 0.178. The summed E-state index contributed by atoms with van der Waals surface area (Å²) in [6, 6.07) is 41.7. The molecule has 50 heavy (non-hydrogen) atoms. The SMILES string of the molecule is [C-]#[N+]c1ccc2c(c1)C(C)(C)c1c3c(c4ccccc4c1-2)OC(c1ccc(Oc2ccccc2)cc1)(c1ccc(N2CCOCC2)cc1)C=C3. The van der Waals surface area contributed by atoms with E-state index in [1.54, 1.807) is 0 Å². The lowest BCUT2D eigenvalue weighted by atomic mass is 9.76. The van der Waals surface area contributed by atoms with Crippen molar-refractivity contribution in [1.82, 2.24) is 0 Å². The molecule has 0 saturated carbocycles. The van der Waals surface area contributed by atoms with Crippen LogP contribution >= 0.6 is 0 Å². The third-order valence-electron chi connectivity index (χ3n) is 10.6. The lowest BCUT2D eigenvalue weighted by molar-refractivity contribution is 0.122. The quantitative estimate of drug-likeness (QED) is 0.174. The van der Waals surface area contributed by atoms with E-state index in [4.69, 9.17) is 20.8 Å². The van der Waals surface area contributed by atoms with Gasteiger partial charge >= 0.3 is 0 Å². The number of hydrogen-bond donors (Lipinski definition) is 0. The van der Waals surface area contributed by atoms with E-state index in [1.165, 1.54) is 27.9 Å². The van der Waals surface area contributed by atoms with E-state index in [1.807, 2.05) is 48.5 Å². The zero-order chi connectivity index (χ0) is 33.9. The molecule has 0 bridgehead atoms. The minimum absolute atomic E-state index is 0.330. The Labute approximate surface area is 292 Å². The van der Waals surface area contributed by atoms with Crippen LogP contribution in [0, 0.1) is 6.57 Å². The van der Waals surface area contributed by atoms with E-state index < -0.39 is 5.60 Å². The van der Waals surface area contributed by atoms with Gasteiger partial charge in [-0.15, -0.1) is 0 Å². The van der Waals surface area contributed by atoms with Crippen molar-refractivity contribution in [3.63, 3.8) is 0 Å². The standard InChI is InChI=1S/C45H36N2O3/c1-44(2)40-29-32(46-3)17-22-38(40)41-36-11-7-8-12-37(36)43-39(42(41)44)23-24-45(50-43,30-13-18-33(19-14-30)47-25-27-48-28-26-47)31-15-20-35(21-16-31)49-34-9-5-4-6-10-34/h4-24,29H,25-28H2,1-2H3. The highest BCUT2D eigenvalue weighted by Gasteiger charge is 2.44. The van der Waals surface area contributed by atoms with Crippen LogP contribution in [0.3, 0.4) is 0 Å². The van der Waals surface area contributed by atoms with Crippen molar-refractivity contribution in [2.45, 2.75) is 24.9 Å². The fourth-order valence-corrected chi connectivity index (χ4v) is 8.11. The molecule has 9 rings (SSSR count). The molecule has 6 aromatic rings. The van der Waals surface area contributed by atoms with Gasteiger partial charge in [-0.1, -0.05) is 105 Å². The van der Waals surface area contributed by atoms with Crippen molar-refractivity contribution in [2.24, 2.45) is 0 Å². The number of ether oxygens (including phenoxy) is 3. The van der Waals surface area contributed by atoms with E-state index in [-0.39, 0.29) is 5.41 Å². The molecule has 1 unspecified atom stereocenters. The second kappa shape index (κ2) is 11.7. The zero-order valence-electron chi connectivity index (χ0n) is 28.1. The predicted octanol–water partition coefficient (Wildman–Crippen LogP) is 10.7. The highest BCUT2D eigenvalue weighted by molar-refractivity contribution is 6.08. The number of morpholine rings is 1. The maximum atomic E-state index is 7.71. The van der Waals surface area contributed by atoms with Crippen LogP contribution in [0.15, 0.2) is 127 Å². The molecule has 1 fully saturated rings. The Balaban J connectivity index is 1.22. The largest absolute Gasteiger partial charge is 0.472 e. The number of nitrogens with zero attached hydrogens (tertiary/aromatic N) is 2. The van der Waals surface area contributed by atoms with Crippen molar-refractivity contribution in [1.29, 1.82) is 0 Å². The van der Waals surface area contributed by atoms with Crippen molar-refractivity contribution in [3.05, 3.63) is 167 Å². The van der Waals surface area contributed by atoms with Crippen LogP contribution in [0.1, 0.15) is 41.7 Å². The number of para-hydroxylation sites is 1. The number of benzene rings is 6. The normalized spacial score (nSPS) is 18.5. The molecule has 5 nitrogen and oxygen atoms in total. The van der Waals surface area contributed by atoms with Crippen LogP contribution in [-0.4, -0.2) is 26.3 Å². The molecule has 2 aliphatic heterocycles. The summed E-state index contributed by atoms with van der Waals surface area (Å²) in [4.78, 5) is 6.14. The predicted molar refractivity (Wildman–Crippen MR) is 201 cm³/mol. The first-order valence-corrected chi connectivity index (χ1v) is 17.2. The fourth-order valence-electron chi connectivity index (χ4n) is 8.11. The van der Waals surface area contributed by atoms with Crippen LogP contribution < -0.4 is 14.4 Å². The molecule has 0 radical (unpaired) electrons. The van der Waals surface area contributed by atoms with Gasteiger partial charge in [0.1, 0.15) is 17.2 Å². The monoisotopic (exact) mass is 652 g/mol. The summed E-state index contributed by atoms with van der Waals surface area (Å²) < 4.78 is 19.3.